The Balaban J connectivity index is 0.000000834. The molecule has 0 spiro atoms. The van der Waals surface area contributed by atoms with E-state index in [0.29, 0.717) is 31.5 Å². The number of rotatable bonds is 22. The first-order chi connectivity index (χ1) is 33.4. The number of ether oxygens (including phenoxy) is 2. The van der Waals surface area contributed by atoms with Gasteiger partial charge in [-0.1, -0.05) is 84.5 Å². The number of alkyl halides is 2. The highest BCUT2D eigenvalue weighted by atomic mass is 19.3. The number of hydrogen-bond acceptors (Lipinski definition) is 9. The van der Waals surface area contributed by atoms with Gasteiger partial charge in [0.05, 0.1) is 24.1 Å². The Morgan fingerprint density at radius 3 is 2.14 bits per heavy atom. The number of esters is 1. The van der Waals surface area contributed by atoms with Crippen LogP contribution >= 0.6 is 0 Å². The molecule has 3 heterocycles. The van der Waals surface area contributed by atoms with E-state index in [9.17, 15) is 13.6 Å². The van der Waals surface area contributed by atoms with Gasteiger partial charge in [0.15, 0.2) is 0 Å². The predicted molar refractivity (Wildman–Crippen MR) is 289 cm³/mol. The van der Waals surface area contributed by atoms with E-state index in [1.165, 1.54) is 39.9 Å². The molecule has 1 aliphatic rings. The number of hydrogen-bond donors (Lipinski definition) is 3. The highest BCUT2D eigenvalue weighted by molar-refractivity contribution is 5.95. The van der Waals surface area contributed by atoms with Crippen LogP contribution in [0.25, 0.3) is 33.3 Å². The SMILES string of the molecule is C=CC(=C)N1CCCC1.C=CC(C(C)C)N(C)C=C.CCn1c(-c2cccnc2C(C)OC)c(CC(C)(C)COC(C)=O)c2cc(-c3cc(CCCCCCN)cc(C(F)F)c3)ccc21.CN.NC=O. The average molecular weight is 972 g/mol. The minimum atomic E-state index is -2.56. The number of amides is 1. The van der Waals surface area contributed by atoms with Crippen LogP contribution in [0.5, 0.6) is 0 Å². The van der Waals surface area contributed by atoms with Gasteiger partial charge in [0.25, 0.3) is 6.43 Å². The summed E-state index contributed by atoms with van der Waals surface area (Å²) in [5.74, 6) is 0.282. The second-order valence-electron chi connectivity index (χ2n) is 18.3. The summed E-state index contributed by atoms with van der Waals surface area (Å²) in [7, 11) is 5.19. The fraction of sp³-hybridized carbons (Fsp3) is 0.491. The van der Waals surface area contributed by atoms with Crippen LogP contribution < -0.4 is 17.2 Å². The van der Waals surface area contributed by atoms with E-state index in [1.807, 2.05) is 44.5 Å². The lowest BCUT2D eigenvalue weighted by Gasteiger charge is -2.26. The summed E-state index contributed by atoms with van der Waals surface area (Å²) in [6, 6.07) is 16.0. The Morgan fingerprint density at radius 1 is 0.986 bits per heavy atom. The summed E-state index contributed by atoms with van der Waals surface area (Å²) < 4.78 is 41.7. The molecule has 13 heteroatoms. The lowest BCUT2D eigenvalue weighted by Crippen LogP contribution is -2.29. The summed E-state index contributed by atoms with van der Waals surface area (Å²) in [5, 5.41) is 1.04. The molecule has 0 radical (unpaired) electrons. The van der Waals surface area contributed by atoms with E-state index < -0.39 is 6.43 Å². The van der Waals surface area contributed by atoms with Crippen molar-refractivity contribution in [3.05, 3.63) is 127 Å². The molecular formula is C57H87F2N7O4. The molecule has 1 fully saturated rings. The number of unbranched alkanes of at least 4 members (excludes halogenated alkanes) is 3. The van der Waals surface area contributed by atoms with Crippen molar-refractivity contribution in [2.24, 2.45) is 28.5 Å². The molecule has 4 aromatic rings. The summed E-state index contributed by atoms with van der Waals surface area (Å²) in [5.41, 5.74) is 22.6. The van der Waals surface area contributed by atoms with Gasteiger partial charge in [-0.2, -0.15) is 0 Å². The molecule has 1 saturated heterocycles. The van der Waals surface area contributed by atoms with E-state index in [-0.39, 0.29) is 36.1 Å². The van der Waals surface area contributed by atoms with Crippen molar-refractivity contribution in [3.63, 3.8) is 0 Å². The van der Waals surface area contributed by atoms with Crippen molar-refractivity contribution in [1.29, 1.82) is 0 Å². The second kappa shape index (κ2) is 33.0. The Kier molecular flexibility index (Phi) is 29.5. The Hall–Kier alpha value is -5.63. The number of likely N-dealkylation sites (tertiary alicyclic amines) is 1. The lowest BCUT2D eigenvalue weighted by molar-refractivity contribution is -0.143. The molecule has 1 amide bonds. The van der Waals surface area contributed by atoms with Crippen molar-refractivity contribution in [2.45, 2.75) is 125 Å². The number of aryl methyl sites for hydroxylation is 2. The summed E-state index contributed by atoms with van der Waals surface area (Å²) in [4.78, 5) is 29.4. The first-order valence-electron chi connectivity index (χ1n) is 24.5. The van der Waals surface area contributed by atoms with Gasteiger partial charge >= 0.3 is 5.97 Å². The number of carbonyl (C=O) groups excluding carboxylic acids is 2. The maximum absolute atomic E-state index is 14.1. The van der Waals surface area contributed by atoms with Gasteiger partial charge in [-0.05, 0) is 137 Å². The van der Waals surface area contributed by atoms with E-state index in [2.05, 4.69) is 111 Å². The van der Waals surface area contributed by atoms with Crippen LogP contribution in [-0.2, 0) is 38.4 Å². The van der Waals surface area contributed by atoms with Crippen molar-refractivity contribution in [3.8, 4) is 22.4 Å². The summed E-state index contributed by atoms with van der Waals surface area (Å²) in [6.45, 7) is 33.0. The first kappa shape index (κ1) is 62.4. The quantitative estimate of drug-likeness (QED) is 0.0229. The minimum Gasteiger partial charge on any atom is -0.465 e. The van der Waals surface area contributed by atoms with E-state index in [4.69, 9.17) is 25.0 Å². The van der Waals surface area contributed by atoms with Gasteiger partial charge in [0.1, 0.15) is 0 Å². The van der Waals surface area contributed by atoms with Crippen molar-refractivity contribution >= 4 is 23.3 Å². The van der Waals surface area contributed by atoms with E-state index in [1.54, 1.807) is 25.4 Å². The van der Waals surface area contributed by atoms with Gasteiger partial charge in [0.2, 0.25) is 6.41 Å². The average Bonchev–Trinajstić information content (AvgIpc) is 4.00. The zero-order valence-corrected chi connectivity index (χ0v) is 44.2. The third kappa shape index (κ3) is 19.6. The van der Waals surface area contributed by atoms with Crippen LogP contribution in [0.4, 0.5) is 8.78 Å². The number of pyridine rings is 1. The van der Waals surface area contributed by atoms with Crippen LogP contribution in [0, 0.1) is 11.3 Å². The first-order valence-corrected chi connectivity index (χ1v) is 24.5. The predicted octanol–water partition coefficient (Wildman–Crippen LogP) is 12.0. The third-order valence-electron chi connectivity index (χ3n) is 12.1. The monoisotopic (exact) mass is 972 g/mol. The van der Waals surface area contributed by atoms with E-state index in [0.717, 1.165) is 87.9 Å². The number of halogens is 2. The van der Waals surface area contributed by atoms with Crippen molar-refractivity contribution in [2.75, 3.05) is 47.4 Å². The number of nitrogens with two attached hydrogens (primary N) is 3. The molecule has 388 valence electrons. The van der Waals surface area contributed by atoms with Gasteiger partial charge in [-0.3, -0.25) is 14.6 Å². The Morgan fingerprint density at radius 2 is 1.63 bits per heavy atom. The maximum Gasteiger partial charge on any atom is 0.302 e. The van der Waals surface area contributed by atoms with Gasteiger partial charge in [-0.25, -0.2) is 8.78 Å². The Labute approximate surface area is 419 Å². The molecule has 2 unspecified atom stereocenters. The normalized spacial score (nSPS) is 12.7. The molecule has 2 atom stereocenters. The molecule has 1 aliphatic heterocycles. The fourth-order valence-electron chi connectivity index (χ4n) is 8.45. The zero-order valence-electron chi connectivity index (χ0n) is 44.2. The van der Waals surface area contributed by atoms with E-state index >= 15 is 0 Å². The lowest BCUT2D eigenvalue weighted by atomic mass is 9.84. The number of methoxy groups -OCH3 is 1. The molecule has 2 aromatic heterocycles. The molecule has 11 nitrogen and oxygen atoms in total. The highest BCUT2D eigenvalue weighted by Gasteiger charge is 2.29. The summed E-state index contributed by atoms with van der Waals surface area (Å²) in [6.07, 6.45) is 12.8. The smallest absolute Gasteiger partial charge is 0.302 e. The van der Waals surface area contributed by atoms with Gasteiger partial charge in [-0.15, -0.1) is 6.58 Å². The maximum atomic E-state index is 14.1. The molecular weight excluding hydrogens is 885 g/mol. The number of fused-ring (bicyclic) bond motifs is 1. The Bertz CT molecular complexity index is 2210. The highest BCUT2D eigenvalue weighted by Crippen LogP contribution is 2.42. The number of likely N-dealkylation sites (N-methyl/N-ethyl adjacent to an activating group) is 1. The molecule has 70 heavy (non-hydrogen) atoms. The van der Waals surface area contributed by atoms with Crippen LogP contribution in [-0.4, -0.2) is 85.2 Å². The van der Waals surface area contributed by atoms with Crippen LogP contribution in [0.2, 0.25) is 0 Å². The zero-order chi connectivity index (χ0) is 53.0. The third-order valence-corrected chi connectivity index (χ3v) is 12.1. The fourth-order valence-corrected chi connectivity index (χ4v) is 8.45. The topological polar surface area (TPSA) is 155 Å². The second-order valence-corrected chi connectivity index (χ2v) is 18.3. The summed E-state index contributed by atoms with van der Waals surface area (Å²) >= 11 is 0. The number of aromatic nitrogens is 2. The number of primary amides is 1. The molecule has 6 N–H and O–H groups in total. The van der Waals surface area contributed by atoms with Gasteiger partial charge < -0.3 is 41.0 Å². The van der Waals surface area contributed by atoms with Gasteiger partial charge in [0, 0.05) is 86.1 Å². The standard InChI is InChI=1S/C38H49F2N3O3.C9H17N.C8H13N.CH3NO.CH5N/c1-7-43-34-16-15-28(29-19-27(13-10-8-9-11-17-41)20-30(21-29)37(39)40)22-32(34)33(23-38(4,5)24-46-26(3)44)36(43)31-14-12-18-42-35(31)25(2)45-6;1-6-9(8(3)4)10(5)7-2;1-3-8(2)9-6-4-5-7-9;2-1-3;1-2/h12,14-16,18-22,25,37H,7-11,13,17,23-24,41H2,1-6H3;6-9H,1-2H2,3-5H3;3H,1-2,4-7H2;1H,(H2,2,3);2H2,1H3. The van der Waals surface area contributed by atoms with Crippen LogP contribution in [0.15, 0.2) is 105 Å². The molecule has 0 saturated carbocycles. The minimum absolute atomic E-state index is 0.0395. The molecule has 0 aliphatic carbocycles. The largest absolute Gasteiger partial charge is 0.465 e. The number of benzene rings is 2. The number of carbonyl (C=O) groups is 2. The number of nitrogens with zero attached hydrogens (tertiary/aromatic N) is 4. The molecule has 0 bridgehead atoms. The number of allylic oxidation sites excluding steroid dienone is 1. The van der Waals surface area contributed by atoms with Crippen molar-refractivity contribution < 1.29 is 27.8 Å². The molecule has 2 aromatic carbocycles. The molecule has 5 rings (SSSR count). The van der Waals surface area contributed by atoms with Crippen LogP contribution in [0.3, 0.4) is 0 Å². The van der Waals surface area contributed by atoms with Crippen LogP contribution in [0.1, 0.15) is 122 Å². The van der Waals surface area contributed by atoms with Crippen molar-refractivity contribution in [1.82, 2.24) is 19.4 Å².